The second-order valence-corrected chi connectivity index (χ2v) is 6.74. The number of rotatable bonds is 7. The summed E-state index contributed by atoms with van der Waals surface area (Å²) in [6.45, 7) is 0.696. The van der Waals surface area contributed by atoms with E-state index >= 15 is 0 Å². The Bertz CT molecular complexity index is 1050. The number of carbonyl (C=O) groups excluding carboxylic acids is 1. The Balaban J connectivity index is 0.000000582. The first kappa shape index (κ1) is 27.0. The highest BCUT2D eigenvalue weighted by atomic mass is 19.4. The van der Waals surface area contributed by atoms with E-state index in [0.717, 1.165) is 36.1 Å². The first-order valence-electron chi connectivity index (χ1n) is 8.92. The van der Waals surface area contributed by atoms with E-state index in [1.165, 1.54) is 6.07 Å². The third-order valence-electron chi connectivity index (χ3n) is 3.82. The average molecular weight is 474 g/mol. The number of anilines is 1. The van der Waals surface area contributed by atoms with Crippen molar-refractivity contribution in [2.75, 3.05) is 5.32 Å². The van der Waals surface area contributed by atoms with E-state index < -0.39 is 53.1 Å². The predicted octanol–water partition coefficient (Wildman–Crippen LogP) is 2.24. The van der Waals surface area contributed by atoms with Crippen LogP contribution in [0.4, 0.5) is 23.2 Å². The summed E-state index contributed by atoms with van der Waals surface area (Å²) in [6, 6.07) is 4.04. The first-order chi connectivity index (χ1) is 15.2. The monoisotopic (exact) mass is 474 g/mol. The smallest absolute Gasteiger partial charge is 0.417 e. The Kier molecular flexibility index (Phi) is 9.05. The number of aliphatic hydroxyl groups is 1. The lowest BCUT2D eigenvalue weighted by Gasteiger charge is -2.22. The van der Waals surface area contributed by atoms with Crippen molar-refractivity contribution in [2.45, 2.75) is 38.1 Å². The molecule has 0 radical (unpaired) electrons. The number of carbonyl (C=O) groups is 3. The highest BCUT2D eigenvalue weighted by molar-refractivity contribution is 5.96. The van der Waals surface area contributed by atoms with Gasteiger partial charge in [-0.3, -0.25) is 19.1 Å². The Labute approximate surface area is 183 Å². The van der Waals surface area contributed by atoms with Crippen LogP contribution in [-0.2, 0) is 27.1 Å². The number of hydrogen-bond acceptors (Lipinski definition) is 6. The van der Waals surface area contributed by atoms with Crippen molar-refractivity contribution in [1.29, 1.82) is 5.26 Å². The number of aromatic nitrogens is 2. The largest absolute Gasteiger partial charge is 0.481 e. The molecule has 10 nitrogen and oxygen atoms in total. The van der Waals surface area contributed by atoms with Crippen molar-refractivity contribution >= 4 is 23.5 Å². The van der Waals surface area contributed by atoms with Gasteiger partial charge in [0.2, 0.25) is 0 Å². The molecule has 1 heterocycles. The maximum atomic E-state index is 12.9. The summed E-state index contributed by atoms with van der Waals surface area (Å²) in [5.41, 5.74) is -4.11. The van der Waals surface area contributed by atoms with Crippen LogP contribution < -0.4 is 5.32 Å². The van der Waals surface area contributed by atoms with Gasteiger partial charge in [-0.2, -0.15) is 23.5 Å². The summed E-state index contributed by atoms with van der Waals surface area (Å²) >= 11 is 0. The molecule has 0 aliphatic rings. The van der Waals surface area contributed by atoms with Crippen LogP contribution in [0, 0.1) is 17.1 Å². The summed E-state index contributed by atoms with van der Waals surface area (Å²) in [6.07, 6.45) is -3.54. The molecule has 1 atom stereocenters. The predicted molar refractivity (Wildman–Crippen MR) is 102 cm³/mol. The van der Waals surface area contributed by atoms with Crippen LogP contribution in [0.1, 0.15) is 30.9 Å². The van der Waals surface area contributed by atoms with Gasteiger partial charge in [0.05, 0.1) is 49.0 Å². The second kappa shape index (κ2) is 11.0. The molecule has 1 unspecified atom stereocenters. The fourth-order valence-electron chi connectivity index (χ4n) is 2.25. The summed E-state index contributed by atoms with van der Waals surface area (Å²) in [4.78, 5) is 31.4. The Morgan fingerprint density at radius 2 is 1.76 bits per heavy atom. The first-order valence-corrected chi connectivity index (χ1v) is 8.92. The standard InChI is InChI=1S/C15H12F4N4O2.C4H6O4/c1-14(25,8-23-7-10(16)6-21-23)13(24)22-11-3-2-9(5-20)12(4-11)15(17,18)19;5-3(6)1-2-4(7)8/h2-4,6-7,25H,8H2,1H3,(H,22,24);1-2H2,(H,5,6)(H,7,8). The fourth-order valence-corrected chi connectivity index (χ4v) is 2.25. The van der Waals surface area contributed by atoms with Crippen molar-refractivity contribution in [3.8, 4) is 6.07 Å². The van der Waals surface area contributed by atoms with Crippen LogP contribution in [-0.4, -0.2) is 48.5 Å². The van der Waals surface area contributed by atoms with Crippen molar-refractivity contribution in [2.24, 2.45) is 0 Å². The minimum atomic E-state index is -4.78. The van der Waals surface area contributed by atoms with E-state index in [0.29, 0.717) is 6.07 Å². The summed E-state index contributed by atoms with van der Waals surface area (Å²) in [5, 5.41) is 40.4. The van der Waals surface area contributed by atoms with Crippen LogP contribution in [0.25, 0.3) is 0 Å². The lowest BCUT2D eigenvalue weighted by atomic mass is 10.0. The van der Waals surface area contributed by atoms with Gasteiger partial charge in [0, 0.05) is 5.69 Å². The molecule has 33 heavy (non-hydrogen) atoms. The number of aliphatic carboxylic acids is 2. The number of nitrogens with one attached hydrogen (secondary N) is 1. The molecule has 1 amide bonds. The highest BCUT2D eigenvalue weighted by Crippen LogP contribution is 2.33. The van der Waals surface area contributed by atoms with Crippen LogP contribution in [0.2, 0.25) is 0 Å². The molecule has 1 aromatic carbocycles. The maximum Gasteiger partial charge on any atom is 0.417 e. The minimum Gasteiger partial charge on any atom is -0.481 e. The van der Waals surface area contributed by atoms with Gasteiger partial charge in [-0.1, -0.05) is 0 Å². The Morgan fingerprint density at radius 3 is 2.18 bits per heavy atom. The number of benzene rings is 1. The molecular formula is C19H18F4N4O6. The number of nitriles is 1. The molecule has 2 rings (SSSR count). The van der Waals surface area contributed by atoms with Crippen molar-refractivity contribution in [3.05, 3.63) is 47.5 Å². The maximum absolute atomic E-state index is 12.9. The molecule has 0 saturated heterocycles. The van der Waals surface area contributed by atoms with E-state index in [9.17, 15) is 37.1 Å². The molecule has 0 spiro atoms. The zero-order valence-electron chi connectivity index (χ0n) is 16.9. The van der Waals surface area contributed by atoms with Gasteiger partial charge in [-0.25, -0.2) is 4.39 Å². The van der Waals surface area contributed by atoms with Gasteiger partial charge in [0.25, 0.3) is 5.91 Å². The number of nitrogens with zero attached hydrogens (tertiary/aromatic N) is 3. The molecule has 1 aromatic heterocycles. The molecule has 0 saturated carbocycles. The number of hydrogen-bond donors (Lipinski definition) is 4. The fraction of sp³-hybridized carbons (Fsp3) is 0.316. The molecule has 0 aliphatic heterocycles. The highest BCUT2D eigenvalue weighted by Gasteiger charge is 2.35. The van der Waals surface area contributed by atoms with Crippen molar-refractivity contribution in [3.63, 3.8) is 0 Å². The van der Waals surface area contributed by atoms with Crippen molar-refractivity contribution in [1.82, 2.24) is 9.78 Å². The SMILES string of the molecule is CC(O)(Cn1cc(F)cn1)C(=O)Nc1ccc(C#N)c(C(F)(F)F)c1.O=C(O)CCC(=O)O. The summed E-state index contributed by atoms with van der Waals surface area (Å²) in [5.74, 6) is -3.83. The van der Waals surface area contributed by atoms with Gasteiger partial charge in [0.1, 0.15) is 0 Å². The number of carboxylic acid groups (broad SMARTS) is 2. The molecule has 0 bridgehead atoms. The van der Waals surface area contributed by atoms with Crippen molar-refractivity contribution < 1.29 is 47.3 Å². The van der Waals surface area contributed by atoms with E-state index in [1.807, 2.05) is 0 Å². The molecule has 2 aromatic rings. The van der Waals surface area contributed by atoms with E-state index in [2.05, 4.69) is 10.4 Å². The van der Waals surface area contributed by atoms with Gasteiger partial charge >= 0.3 is 18.1 Å². The topological polar surface area (TPSA) is 166 Å². The number of carboxylic acids is 2. The molecule has 0 fully saturated rings. The Hall–Kier alpha value is -3.99. The quantitative estimate of drug-likeness (QED) is 0.444. The van der Waals surface area contributed by atoms with E-state index in [1.54, 1.807) is 0 Å². The molecule has 4 N–H and O–H groups in total. The molecule has 14 heteroatoms. The third kappa shape index (κ3) is 8.95. The van der Waals surface area contributed by atoms with Crippen LogP contribution >= 0.6 is 0 Å². The van der Waals surface area contributed by atoms with Crippen LogP contribution in [0.15, 0.2) is 30.6 Å². The molecule has 178 valence electrons. The number of amides is 1. The molecule has 0 aliphatic carbocycles. The lowest BCUT2D eigenvalue weighted by molar-refractivity contribution is -0.143. The van der Waals surface area contributed by atoms with Crippen LogP contribution in [0.5, 0.6) is 0 Å². The van der Waals surface area contributed by atoms with Gasteiger partial charge in [-0.15, -0.1) is 0 Å². The van der Waals surface area contributed by atoms with E-state index in [4.69, 9.17) is 15.5 Å². The zero-order chi connectivity index (χ0) is 25.4. The average Bonchev–Trinajstić information content (AvgIpc) is 3.10. The second-order valence-electron chi connectivity index (χ2n) is 6.74. The number of alkyl halides is 3. The summed E-state index contributed by atoms with van der Waals surface area (Å²) < 4.78 is 52.6. The lowest BCUT2D eigenvalue weighted by Crippen LogP contribution is -2.43. The number of halogens is 4. The van der Waals surface area contributed by atoms with Crippen LogP contribution in [0.3, 0.4) is 0 Å². The normalized spacial score (nSPS) is 12.5. The van der Waals surface area contributed by atoms with E-state index in [-0.39, 0.29) is 18.5 Å². The van der Waals surface area contributed by atoms with Gasteiger partial charge < -0.3 is 20.6 Å². The molecular weight excluding hydrogens is 456 g/mol. The summed E-state index contributed by atoms with van der Waals surface area (Å²) in [7, 11) is 0. The third-order valence-corrected chi connectivity index (χ3v) is 3.82. The Morgan fingerprint density at radius 1 is 1.18 bits per heavy atom. The van der Waals surface area contributed by atoms with Gasteiger partial charge in [-0.05, 0) is 25.1 Å². The van der Waals surface area contributed by atoms with Gasteiger partial charge in [0.15, 0.2) is 11.4 Å². The zero-order valence-corrected chi connectivity index (χ0v) is 16.9. The minimum absolute atomic E-state index is 0.247.